The lowest BCUT2D eigenvalue weighted by Gasteiger charge is -2.35. The molecule has 0 aliphatic heterocycles. The minimum atomic E-state index is -3.21. The summed E-state index contributed by atoms with van der Waals surface area (Å²) in [4.78, 5) is 0. The number of hydrogen-bond acceptors (Lipinski definition) is 3. The molecule has 1 aliphatic rings. The highest BCUT2D eigenvalue weighted by molar-refractivity contribution is 7.92. The van der Waals surface area contributed by atoms with Crippen molar-refractivity contribution >= 4 is 21.4 Å². The van der Waals surface area contributed by atoms with Gasteiger partial charge < -0.3 is 5.32 Å². The standard InChI is InChI=1S/C16H26N2O2S/c1-12(2)15-6-4-5-7-16(15)17-13-8-10-14(11-9-13)18-21(3,19)20/h8-12,15-18H,4-7H2,1-3H3. The molecule has 0 radical (unpaired) electrons. The first-order chi connectivity index (χ1) is 9.85. The molecule has 1 aromatic carbocycles. The molecule has 118 valence electrons. The van der Waals surface area contributed by atoms with Crippen LogP contribution < -0.4 is 10.0 Å². The van der Waals surface area contributed by atoms with Gasteiger partial charge in [0.2, 0.25) is 10.0 Å². The Balaban J connectivity index is 2.02. The SMILES string of the molecule is CC(C)C1CCCCC1Nc1ccc(NS(C)(=O)=O)cc1. The van der Waals surface area contributed by atoms with Gasteiger partial charge in [0.15, 0.2) is 0 Å². The van der Waals surface area contributed by atoms with Crippen LogP contribution in [0.15, 0.2) is 24.3 Å². The maximum atomic E-state index is 11.2. The van der Waals surface area contributed by atoms with Gasteiger partial charge in [0, 0.05) is 17.4 Å². The highest BCUT2D eigenvalue weighted by Gasteiger charge is 2.27. The normalized spacial score (nSPS) is 23.0. The van der Waals surface area contributed by atoms with Gasteiger partial charge >= 0.3 is 0 Å². The molecule has 2 N–H and O–H groups in total. The van der Waals surface area contributed by atoms with Crippen molar-refractivity contribution in [1.29, 1.82) is 0 Å². The van der Waals surface area contributed by atoms with Crippen molar-refractivity contribution in [3.8, 4) is 0 Å². The quantitative estimate of drug-likeness (QED) is 0.872. The molecule has 2 unspecified atom stereocenters. The average molecular weight is 310 g/mol. The molecule has 1 aromatic rings. The Bertz CT molecular complexity index is 552. The molecule has 0 amide bonds. The van der Waals surface area contributed by atoms with Gasteiger partial charge in [-0.15, -0.1) is 0 Å². The van der Waals surface area contributed by atoms with Crippen LogP contribution >= 0.6 is 0 Å². The summed E-state index contributed by atoms with van der Waals surface area (Å²) in [5.41, 5.74) is 1.67. The van der Waals surface area contributed by atoms with Crippen molar-refractivity contribution in [3.05, 3.63) is 24.3 Å². The molecule has 5 heteroatoms. The van der Waals surface area contributed by atoms with E-state index in [4.69, 9.17) is 0 Å². The van der Waals surface area contributed by atoms with E-state index in [2.05, 4.69) is 23.9 Å². The predicted molar refractivity (Wildman–Crippen MR) is 89.1 cm³/mol. The number of benzene rings is 1. The van der Waals surface area contributed by atoms with Crippen LogP contribution in [0.4, 0.5) is 11.4 Å². The summed E-state index contributed by atoms with van der Waals surface area (Å²) < 4.78 is 24.9. The Hall–Kier alpha value is -1.23. The second-order valence-electron chi connectivity index (χ2n) is 6.39. The van der Waals surface area contributed by atoms with Crippen LogP contribution in [0.1, 0.15) is 39.5 Å². The van der Waals surface area contributed by atoms with E-state index in [0.29, 0.717) is 23.6 Å². The van der Waals surface area contributed by atoms with Gasteiger partial charge in [-0.1, -0.05) is 26.7 Å². The summed E-state index contributed by atoms with van der Waals surface area (Å²) in [5.74, 6) is 1.40. The summed E-state index contributed by atoms with van der Waals surface area (Å²) in [5, 5.41) is 3.63. The third kappa shape index (κ3) is 4.92. The summed E-state index contributed by atoms with van der Waals surface area (Å²) in [6, 6.07) is 8.01. The lowest BCUT2D eigenvalue weighted by Crippen LogP contribution is -2.35. The van der Waals surface area contributed by atoms with Crippen LogP contribution in [-0.2, 0) is 10.0 Å². The van der Waals surface area contributed by atoms with Crippen LogP contribution in [0.25, 0.3) is 0 Å². The van der Waals surface area contributed by atoms with Gasteiger partial charge in [-0.25, -0.2) is 8.42 Å². The van der Waals surface area contributed by atoms with Crippen LogP contribution in [-0.4, -0.2) is 20.7 Å². The van der Waals surface area contributed by atoms with Gasteiger partial charge in [-0.3, -0.25) is 4.72 Å². The van der Waals surface area contributed by atoms with Crippen molar-refractivity contribution in [2.75, 3.05) is 16.3 Å². The molecule has 4 nitrogen and oxygen atoms in total. The van der Waals surface area contributed by atoms with E-state index in [1.165, 1.54) is 25.7 Å². The first kappa shape index (κ1) is 16.1. The Morgan fingerprint density at radius 3 is 2.19 bits per heavy atom. The second kappa shape index (κ2) is 6.69. The van der Waals surface area contributed by atoms with E-state index in [1.54, 1.807) is 12.1 Å². The second-order valence-corrected chi connectivity index (χ2v) is 8.14. The van der Waals surface area contributed by atoms with Crippen LogP contribution in [0.3, 0.4) is 0 Å². The zero-order valence-corrected chi connectivity index (χ0v) is 13.9. The van der Waals surface area contributed by atoms with Crippen molar-refractivity contribution in [3.63, 3.8) is 0 Å². The monoisotopic (exact) mass is 310 g/mol. The Labute approximate surface area is 128 Å². The molecule has 21 heavy (non-hydrogen) atoms. The minimum Gasteiger partial charge on any atom is -0.382 e. The molecular formula is C16H26N2O2S. The fourth-order valence-corrected chi connectivity index (χ4v) is 3.76. The molecule has 1 fully saturated rings. The Kier molecular flexibility index (Phi) is 5.14. The number of sulfonamides is 1. The summed E-state index contributed by atoms with van der Waals surface area (Å²) in [7, 11) is -3.21. The smallest absolute Gasteiger partial charge is 0.229 e. The third-order valence-corrected chi connectivity index (χ3v) is 4.82. The topological polar surface area (TPSA) is 58.2 Å². The van der Waals surface area contributed by atoms with Gasteiger partial charge in [0.1, 0.15) is 0 Å². The number of rotatable bonds is 5. The van der Waals surface area contributed by atoms with Crippen LogP contribution in [0.2, 0.25) is 0 Å². The largest absolute Gasteiger partial charge is 0.382 e. The number of hydrogen-bond donors (Lipinski definition) is 2. The molecule has 0 spiro atoms. The van der Waals surface area contributed by atoms with E-state index in [1.807, 2.05) is 12.1 Å². The first-order valence-corrected chi connectivity index (χ1v) is 9.59. The van der Waals surface area contributed by atoms with Gasteiger partial charge in [-0.2, -0.15) is 0 Å². The zero-order valence-electron chi connectivity index (χ0n) is 13.1. The van der Waals surface area contributed by atoms with Crippen molar-refractivity contribution < 1.29 is 8.42 Å². The summed E-state index contributed by atoms with van der Waals surface area (Å²) in [6.45, 7) is 4.59. The van der Waals surface area contributed by atoms with E-state index in [0.717, 1.165) is 11.9 Å². The van der Waals surface area contributed by atoms with Crippen LogP contribution in [0, 0.1) is 11.8 Å². The zero-order chi connectivity index (χ0) is 15.5. The molecule has 0 saturated heterocycles. The van der Waals surface area contributed by atoms with Gasteiger partial charge in [0.25, 0.3) is 0 Å². The van der Waals surface area contributed by atoms with E-state index in [9.17, 15) is 8.42 Å². The highest BCUT2D eigenvalue weighted by atomic mass is 32.2. The predicted octanol–water partition coefficient (Wildman–Crippen LogP) is 3.68. The highest BCUT2D eigenvalue weighted by Crippen LogP contribution is 2.32. The van der Waals surface area contributed by atoms with Crippen molar-refractivity contribution in [2.24, 2.45) is 11.8 Å². The number of anilines is 2. The lowest BCUT2D eigenvalue weighted by molar-refractivity contribution is 0.254. The molecule has 1 saturated carbocycles. The lowest BCUT2D eigenvalue weighted by atomic mass is 9.78. The van der Waals surface area contributed by atoms with E-state index in [-0.39, 0.29) is 0 Å². The molecule has 1 aliphatic carbocycles. The molecule has 2 atom stereocenters. The maximum Gasteiger partial charge on any atom is 0.229 e. The van der Waals surface area contributed by atoms with Crippen molar-refractivity contribution in [1.82, 2.24) is 0 Å². The molecule has 0 heterocycles. The summed E-state index contributed by atoms with van der Waals surface area (Å²) in [6.07, 6.45) is 6.29. The number of nitrogens with one attached hydrogen (secondary N) is 2. The molecular weight excluding hydrogens is 284 g/mol. The fraction of sp³-hybridized carbons (Fsp3) is 0.625. The minimum absolute atomic E-state index is 0.521. The first-order valence-electron chi connectivity index (χ1n) is 7.69. The molecule has 2 rings (SSSR count). The molecule has 0 aromatic heterocycles. The third-order valence-electron chi connectivity index (χ3n) is 4.22. The maximum absolute atomic E-state index is 11.2. The van der Waals surface area contributed by atoms with E-state index < -0.39 is 10.0 Å². The van der Waals surface area contributed by atoms with Gasteiger partial charge in [0.05, 0.1) is 6.26 Å². The van der Waals surface area contributed by atoms with Crippen LogP contribution in [0.5, 0.6) is 0 Å². The fourth-order valence-electron chi connectivity index (χ4n) is 3.20. The van der Waals surface area contributed by atoms with E-state index >= 15 is 0 Å². The Morgan fingerprint density at radius 2 is 1.62 bits per heavy atom. The Morgan fingerprint density at radius 1 is 1.05 bits per heavy atom. The summed E-state index contributed by atoms with van der Waals surface area (Å²) >= 11 is 0. The molecule has 0 bridgehead atoms. The van der Waals surface area contributed by atoms with Crippen molar-refractivity contribution in [2.45, 2.75) is 45.6 Å². The average Bonchev–Trinajstić information content (AvgIpc) is 2.40. The van der Waals surface area contributed by atoms with Gasteiger partial charge in [-0.05, 0) is 48.9 Å².